The number of alkyl carbamates (subject to hydrolysis) is 1. The Hall–Kier alpha value is -2.37. The van der Waals surface area contributed by atoms with Gasteiger partial charge in [0.25, 0.3) is 0 Å². The number of carbonyl (C=O) groups excluding carboxylic acids is 1. The van der Waals surface area contributed by atoms with E-state index in [1.165, 1.54) is 24.8 Å². The molecule has 3 rings (SSSR count). The Morgan fingerprint density at radius 1 is 1.21 bits per heavy atom. The van der Waals surface area contributed by atoms with E-state index in [0.29, 0.717) is 19.6 Å². The summed E-state index contributed by atoms with van der Waals surface area (Å²) < 4.78 is 7.05. The minimum Gasteiger partial charge on any atom is -0.449 e. The summed E-state index contributed by atoms with van der Waals surface area (Å²) in [7, 11) is 0. The van der Waals surface area contributed by atoms with Crippen molar-refractivity contribution in [1.29, 1.82) is 0 Å². The Morgan fingerprint density at radius 2 is 2.00 bits per heavy atom. The largest absolute Gasteiger partial charge is 0.449 e. The molecule has 6 nitrogen and oxygen atoms in total. The van der Waals surface area contributed by atoms with Crippen molar-refractivity contribution in [2.24, 2.45) is 0 Å². The Morgan fingerprint density at radius 3 is 2.79 bits per heavy atom. The third kappa shape index (κ3) is 5.08. The van der Waals surface area contributed by atoms with E-state index in [-0.39, 0.29) is 12.1 Å². The fraction of sp³-hybridized carbons (Fsp3) is 0.500. The summed E-state index contributed by atoms with van der Waals surface area (Å²) in [6.45, 7) is 1.01. The second kappa shape index (κ2) is 8.47. The van der Waals surface area contributed by atoms with Gasteiger partial charge in [0.2, 0.25) is 0 Å². The average Bonchev–Trinajstić information content (AvgIpc) is 3.04. The van der Waals surface area contributed by atoms with Crippen molar-refractivity contribution in [2.45, 2.75) is 51.1 Å². The highest BCUT2D eigenvalue weighted by molar-refractivity contribution is 5.67. The Labute approximate surface area is 142 Å². The molecule has 1 amide bonds. The van der Waals surface area contributed by atoms with Gasteiger partial charge in [-0.1, -0.05) is 54.8 Å². The molecule has 128 valence electrons. The molecule has 0 unspecified atom stereocenters. The molecule has 0 aliphatic heterocycles. The number of nitrogens with one attached hydrogen (secondary N) is 1. The highest BCUT2D eigenvalue weighted by Gasteiger charge is 2.16. The number of benzene rings is 1. The molecule has 6 heteroatoms. The molecule has 1 N–H and O–H groups in total. The summed E-state index contributed by atoms with van der Waals surface area (Å²) >= 11 is 0. The highest BCUT2D eigenvalue weighted by atomic mass is 16.5. The number of aromatic nitrogens is 3. The second-order valence-electron chi connectivity index (χ2n) is 6.26. The van der Waals surface area contributed by atoms with E-state index in [4.69, 9.17) is 4.74 Å². The van der Waals surface area contributed by atoms with Gasteiger partial charge < -0.3 is 10.1 Å². The summed E-state index contributed by atoms with van der Waals surface area (Å²) in [6.07, 6.45) is 7.92. The highest BCUT2D eigenvalue weighted by Crippen LogP contribution is 2.17. The molecule has 1 aliphatic carbocycles. The summed E-state index contributed by atoms with van der Waals surface area (Å²) in [5.74, 6) is 0. The van der Waals surface area contributed by atoms with Gasteiger partial charge >= 0.3 is 6.09 Å². The number of carbonyl (C=O) groups is 1. The lowest BCUT2D eigenvalue weighted by Crippen LogP contribution is -2.36. The van der Waals surface area contributed by atoms with Gasteiger partial charge in [-0.05, 0) is 18.4 Å². The summed E-state index contributed by atoms with van der Waals surface area (Å²) in [5, 5.41) is 11.2. The molecule has 1 aromatic heterocycles. The zero-order valence-electron chi connectivity index (χ0n) is 13.9. The summed E-state index contributed by atoms with van der Waals surface area (Å²) in [5.41, 5.74) is 2.01. The van der Waals surface area contributed by atoms with E-state index in [1.807, 2.05) is 24.4 Å². The topological polar surface area (TPSA) is 69.0 Å². The molecule has 1 saturated carbocycles. The number of ether oxygens (including phenoxy) is 1. The molecule has 1 fully saturated rings. The standard InChI is InChI=1S/C18H24N4O2/c23-18(19-16-9-5-2-6-10-16)24-12-11-17-14-22(21-20-17)13-15-7-3-1-4-8-15/h1,3-4,7-8,14,16H,2,5-6,9-13H2,(H,19,23). The van der Waals surface area contributed by atoms with E-state index < -0.39 is 0 Å². The number of hydrogen-bond acceptors (Lipinski definition) is 4. The SMILES string of the molecule is O=C(NC1CCCCC1)OCCc1cn(Cc2ccccc2)nn1. The number of hydrogen-bond donors (Lipinski definition) is 1. The van der Waals surface area contributed by atoms with Crippen molar-refractivity contribution in [3.8, 4) is 0 Å². The third-order valence-corrected chi connectivity index (χ3v) is 4.29. The molecule has 0 bridgehead atoms. The van der Waals surface area contributed by atoms with E-state index in [0.717, 1.165) is 18.5 Å². The molecule has 0 radical (unpaired) electrons. The minimum atomic E-state index is -0.321. The lowest BCUT2D eigenvalue weighted by Gasteiger charge is -2.22. The molecule has 1 heterocycles. The molecule has 2 aromatic rings. The van der Waals surface area contributed by atoms with Crippen molar-refractivity contribution in [3.63, 3.8) is 0 Å². The van der Waals surface area contributed by atoms with Crippen molar-refractivity contribution >= 4 is 6.09 Å². The smallest absolute Gasteiger partial charge is 0.407 e. The maximum atomic E-state index is 11.8. The lowest BCUT2D eigenvalue weighted by atomic mass is 9.96. The van der Waals surface area contributed by atoms with Gasteiger partial charge in [0.15, 0.2) is 0 Å². The van der Waals surface area contributed by atoms with E-state index in [2.05, 4.69) is 27.8 Å². The zero-order valence-corrected chi connectivity index (χ0v) is 13.9. The minimum absolute atomic E-state index is 0.276. The van der Waals surface area contributed by atoms with Crippen molar-refractivity contribution in [1.82, 2.24) is 20.3 Å². The Kier molecular flexibility index (Phi) is 5.82. The number of nitrogens with zero attached hydrogens (tertiary/aromatic N) is 3. The van der Waals surface area contributed by atoms with Crippen molar-refractivity contribution < 1.29 is 9.53 Å². The Balaban J connectivity index is 1.38. The third-order valence-electron chi connectivity index (χ3n) is 4.29. The van der Waals surface area contributed by atoms with Crippen molar-refractivity contribution in [2.75, 3.05) is 6.61 Å². The molecular weight excluding hydrogens is 304 g/mol. The molecule has 24 heavy (non-hydrogen) atoms. The predicted molar refractivity (Wildman–Crippen MR) is 90.6 cm³/mol. The van der Waals surface area contributed by atoms with Crippen LogP contribution in [0.15, 0.2) is 36.5 Å². The van der Waals surface area contributed by atoms with Gasteiger partial charge in [0, 0.05) is 18.7 Å². The van der Waals surface area contributed by atoms with Crippen LogP contribution in [0.25, 0.3) is 0 Å². The first-order valence-corrected chi connectivity index (χ1v) is 8.66. The van der Waals surface area contributed by atoms with Gasteiger partial charge in [-0.25, -0.2) is 9.48 Å². The lowest BCUT2D eigenvalue weighted by molar-refractivity contribution is 0.140. The zero-order chi connectivity index (χ0) is 16.6. The fourth-order valence-electron chi connectivity index (χ4n) is 3.00. The number of rotatable bonds is 6. The van der Waals surface area contributed by atoms with Gasteiger partial charge in [-0.3, -0.25) is 0 Å². The first-order chi connectivity index (χ1) is 11.8. The Bertz CT molecular complexity index is 635. The number of amides is 1. The maximum absolute atomic E-state index is 11.8. The van der Waals surface area contributed by atoms with E-state index in [9.17, 15) is 4.79 Å². The fourth-order valence-corrected chi connectivity index (χ4v) is 3.00. The van der Waals surface area contributed by atoms with Crippen LogP contribution in [0.2, 0.25) is 0 Å². The maximum Gasteiger partial charge on any atom is 0.407 e. The van der Waals surface area contributed by atoms with Crippen LogP contribution in [0.5, 0.6) is 0 Å². The molecular formula is C18H24N4O2. The van der Waals surface area contributed by atoms with Crippen LogP contribution < -0.4 is 5.32 Å². The van der Waals surface area contributed by atoms with Crippen LogP contribution in [0.4, 0.5) is 4.79 Å². The van der Waals surface area contributed by atoms with Crippen LogP contribution in [0.3, 0.4) is 0 Å². The van der Waals surface area contributed by atoms with Crippen LogP contribution in [-0.2, 0) is 17.7 Å². The molecule has 0 atom stereocenters. The molecule has 1 aromatic carbocycles. The monoisotopic (exact) mass is 328 g/mol. The summed E-state index contributed by atoms with van der Waals surface area (Å²) in [6, 6.07) is 10.4. The van der Waals surface area contributed by atoms with E-state index >= 15 is 0 Å². The predicted octanol–water partition coefficient (Wildman–Crippen LogP) is 2.93. The van der Waals surface area contributed by atoms with Gasteiger partial charge in [-0.15, -0.1) is 5.10 Å². The average molecular weight is 328 g/mol. The van der Waals surface area contributed by atoms with Gasteiger partial charge in [0.05, 0.1) is 18.8 Å². The first-order valence-electron chi connectivity index (χ1n) is 8.66. The van der Waals surface area contributed by atoms with Crippen LogP contribution in [0.1, 0.15) is 43.4 Å². The molecule has 0 saturated heterocycles. The first kappa shape index (κ1) is 16.5. The molecule has 1 aliphatic rings. The normalized spacial score (nSPS) is 15.2. The second-order valence-corrected chi connectivity index (χ2v) is 6.26. The van der Waals surface area contributed by atoms with Crippen molar-refractivity contribution in [3.05, 3.63) is 47.8 Å². The van der Waals surface area contributed by atoms with Gasteiger partial charge in [-0.2, -0.15) is 0 Å². The molecule has 0 spiro atoms. The van der Waals surface area contributed by atoms with E-state index in [1.54, 1.807) is 4.68 Å². The van der Waals surface area contributed by atoms with Gasteiger partial charge in [0.1, 0.15) is 0 Å². The van der Waals surface area contributed by atoms with Crippen LogP contribution >= 0.6 is 0 Å². The van der Waals surface area contributed by atoms with Crippen LogP contribution in [0, 0.1) is 0 Å². The van der Waals surface area contributed by atoms with Crippen LogP contribution in [-0.4, -0.2) is 33.7 Å². The summed E-state index contributed by atoms with van der Waals surface area (Å²) in [4.78, 5) is 11.8. The quantitative estimate of drug-likeness (QED) is 0.885.